The Hall–Kier alpha value is -1.51. The summed E-state index contributed by atoms with van der Waals surface area (Å²) < 4.78 is 27.1. The molecule has 8 heteroatoms. The van der Waals surface area contributed by atoms with E-state index in [0.29, 0.717) is 13.1 Å². The number of sulfonamides is 1. The molecular weight excluding hydrogens is 342 g/mol. The van der Waals surface area contributed by atoms with Gasteiger partial charge in [-0.25, -0.2) is 8.42 Å². The van der Waals surface area contributed by atoms with Gasteiger partial charge >= 0.3 is 0 Å². The lowest BCUT2D eigenvalue weighted by Crippen LogP contribution is -3.18. The summed E-state index contributed by atoms with van der Waals surface area (Å²) in [6.45, 7) is 2.78. The molecule has 2 saturated carbocycles. The van der Waals surface area contributed by atoms with Crippen molar-refractivity contribution in [2.45, 2.75) is 36.6 Å². The van der Waals surface area contributed by atoms with Crippen LogP contribution in [0, 0.1) is 22.0 Å². The number of quaternary nitrogens is 1. The Labute approximate surface area is 147 Å². The molecule has 0 amide bonds. The maximum atomic E-state index is 12.8. The fourth-order valence-electron chi connectivity index (χ4n) is 5.02. The molecule has 136 valence electrons. The van der Waals surface area contributed by atoms with E-state index in [0.717, 1.165) is 31.0 Å². The van der Waals surface area contributed by atoms with Crippen molar-refractivity contribution >= 4 is 15.7 Å². The second kappa shape index (κ2) is 6.34. The minimum atomic E-state index is -3.56. The van der Waals surface area contributed by atoms with E-state index in [1.165, 1.54) is 54.3 Å². The Balaban J connectivity index is 1.41. The first kappa shape index (κ1) is 16.9. The van der Waals surface area contributed by atoms with Crippen LogP contribution in [0.4, 0.5) is 5.69 Å². The topological polar surface area (TPSA) is 85.0 Å². The summed E-state index contributed by atoms with van der Waals surface area (Å²) in [6.07, 6.45) is 5.42. The zero-order valence-electron chi connectivity index (χ0n) is 14.1. The second-order valence-electron chi connectivity index (χ2n) is 7.59. The van der Waals surface area contributed by atoms with Crippen molar-refractivity contribution < 1.29 is 18.2 Å². The van der Waals surface area contributed by atoms with E-state index in [2.05, 4.69) is 0 Å². The van der Waals surface area contributed by atoms with Crippen molar-refractivity contribution in [1.82, 2.24) is 4.31 Å². The minimum Gasteiger partial charge on any atom is -0.330 e. The standard InChI is InChI=1S/C17H23N3O4S/c21-20(22)15-3-5-16(6-4-15)25(23,24)19-9-7-18(8-10-19)17-12-13-1-2-14(17)11-13/h3-6,13-14,17H,1-2,7-12H2/p+1/t13-,14+,17+/m0/s1. The third-order valence-electron chi connectivity index (χ3n) is 6.31. The number of nitrogens with zero attached hydrogens (tertiary/aromatic N) is 2. The lowest BCUT2D eigenvalue weighted by Gasteiger charge is -2.37. The molecule has 2 bridgehead atoms. The first-order chi connectivity index (χ1) is 11.9. The molecule has 0 unspecified atom stereocenters. The predicted molar refractivity (Wildman–Crippen MR) is 91.8 cm³/mol. The molecule has 1 aromatic carbocycles. The van der Waals surface area contributed by atoms with Crippen molar-refractivity contribution in [1.29, 1.82) is 0 Å². The first-order valence-electron chi connectivity index (χ1n) is 9.04. The number of nitrogens with one attached hydrogen (secondary N) is 1. The summed E-state index contributed by atoms with van der Waals surface area (Å²) in [5.74, 6) is 1.75. The highest BCUT2D eigenvalue weighted by Gasteiger charge is 2.46. The van der Waals surface area contributed by atoms with Gasteiger partial charge in [-0.3, -0.25) is 10.1 Å². The highest BCUT2D eigenvalue weighted by molar-refractivity contribution is 7.89. The van der Waals surface area contributed by atoms with Gasteiger partial charge in [0.1, 0.15) is 0 Å². The van der Waals surface area contributed by atoms with E-state index in [1.54, 1.807) is 4.90 Å². The Kier molecular flexibility index (Phi) is 4.29. The van der Waals surface area contributed by atoms with Crippen molar-refractivity contribution in [3.63, 3.8) is 0 Å². The molecule has 3 atom stereocenters. The van der Waals surface area contributed by atoms with Crippen LogP contribution >= 0.6 is 0 Å². The number of piperazine rings is 1. The van der Waals surface area contributed by atoms with Crippen LogP contribution in [0.25, 0.3) is 0 Å². The molecule has 1 saturated heterocycles. The van der Waals surface area contributed by atoms with Crippen LogP contribution in [0.5, 0.6) is 0 Å². The molecule has 1 aromatic rings. The van der Waals surface area contributed by atoms with Crippen LogP contribution in [-0.2, 0) is 10.0 Å². The molecule has 2 aliphatic carbocycles. The molecule has 4 rings (SSSR count). The molecule has 3 aliphatic rings. The maximum absolute atomic E-state index is 12.8. The third kappa shape index (κ3) is 3.07. The smallest absolute Gasteiger partial charge is 0.269 e. The highest BCUT2D eigenvalue weighted by Crippen LogP contribution is 2.43. The monoisotopic (exact) mass is 366 g/mol. The lowest BCUT2D eigenvalue weighted by atomic mass is 9.93. The summed E-state index contributed by atoms with van der Waals surface area (Å²) in [5, 5.41) is 10.7. The highest BCUT2D eigenvalue weighted by atomic mass is 32.2. The average molecular weight is 366 g/mol. The fraction of sp³-hybridized carbons (Fsp3) is 0.647. The van der Waals surface area contributed by atoms with E-state index in [1.807, 2.05) is 0 Å². The molecule has 25 heavy (non-hydrogen) atoms. The number of hydrogen-bond donors (Lipinski definition) is 1. The number of fused-ring (bicyclic) bond motifs is 2. The van der Waals surface area contributed by atoms with E-state index < -0.39 is 14.9 Å². The Bertz CT molecular complexity index is 757. The summed E-state index contributed by atoms with van der Waals surface area (Å²) >= 11 is 0. The van der Waals surface area contributed by atoms with Gasteiger partial charge in [0.05, 0.1) is 42.0 Å². The van der Waals surface area contributed by atoms with Crippen LogP contribution in [0.15, 0.2) is 29.2 Å². The minimum absolute atomic E-state index is 0.0931. The van der Waals surface area contributed by atoms with Crippen LogP contribution in [0.2, 0.25) is 0 Å². The van der Waals surface area contributed by atoms with Gasteiger partial charge < -0.3 is 4.90 Å². The van der Waals surface area contributed by atoms with Crippen LogP contribution in [0.3, 0.4) is 0 Å². The molecule has 7 nitrogen and oxygen atoms in total. The summed E-state index contributed by atoms with van der Waals surface area (Å²) in [4.78, 5) is 11.9. The maximum Gasteiger partial charge on any atom is 0.269 e. The normalized spacial score (nSPS) is 30.6. The van der Waals surface area contributed by atoms with Gasteiger partial charge in [-0.05, 0) is 37.3 Å². The number of nitro groups is 1. The zero-order valence-corrected chi connectivity index (χ0v) is 15.0. The molecule has 0 radical (unpaired) electrons. The molecule has 3 fully saturated rings. The van der Waals surface area contributed by atoms with Crippen LogP contribution in [-0.4, -0.2) is 49.9 Å². The van der Waals surface area contributed by atoms with E-state index >= 15 is 0 Å². The number of hydrogen-bond acceptors (Lipinski definition) is 4. The van der Waals surface area contributed by atoms with E-state index in [-0.39, 0.29) is 10.6 Å². The largest absolute Gasteiger partial charge is 0.330 e. The summed E-state index contributed by atoms with van der Waals surface area (Å²) in [5.41, 5.74) is -0.0931. The quantitative estimate of drug-likeness (QED) is 0.627. The zero-order chi connectivity index (χ0) is 17.6. The van der Waals surface area contributed by atoms with Crippen molar-refractivity contribution in [3.05, 3.63) is 34.4 Å². The summed E-state index contributed by atoms with van der Waals surface area (Å²) in [6, 6.07) is 5.90. The Morgan fingerprint density at radius 3 is 2.28 bits per heavy atom. The lowest BCUT2D eigenvalue weighted by molar-refractivity contribution is -0.932. The number of benzene rings is 1. The second-order valence-corrected chi connectivity index (χ2v) is 9.53. The fourth-order valence-corrected chi connectivity index (χ4v) is 6.46. The summed E-state index contributed by atoms with van der Waals surface area (Å²) in [7, 11) is -3.56. The molecule has 0 spiro atoms. The predicted octanol–water partition coefficient (Wildman–Crippen LogP) is 0.673. The van der Waals surface area contributed by atoms with Crippen molar-refractivity contribution in [2.24, 2.45) is 11.8 Å². The Morgan fingerprint density at radius 1 is 1.08 bits per heavy atom. The molecule has 1 heterocycles. The molecule has 1 aliphatic heterocycles. The van der Waals surface area contributed by atoms with E-state index in [4.69, 9.17) is 0 Å². The van der Waals surface area contributed by atoms with E-state index in [9.17, 15) is 18.5 Å². The van der Waals surface area contributed by atoms with Crippen LogP contribution in [0.1, 0.15) is 25.7 Å². The average Bonchev–Trinajstić information content (AvgIpc) is 3.25. The van der Waals surface area contributed by atoms with Gasteiger partial charge in [-0.1, -0.05) is 0 Å². The van der Waals surface area contributed by atoms with Gasteiger partial charge in [0.15, 0.2) is 0 Å². The van der Waals surface area contributed by atoms with Crippen molar-refractivity contribution in [3.8, 4) is 0 Å². The number of non-ortho nitro benzene ring substituents is 1. The van der Waals surface area contributed by atoms with Gasteiger partial charge in [0.2, 0.25) is 10.0 Å². The first-order valence-corrected chi connectivity index (χ1v) is 10.5. The van der Waals surface area contributed by atoms with Crippen LogP contribution < -0.4 is 4.90 Å². The number of rotatable bonds is 4. The molecule has 0 aromatic heterocycles. The molecular formula is C17H24N3O4S+. The Morgan fingerprint density at radius 2 is 1.76 bits per heavy atom. The SMILES string of the molecule is O=[N+]([O-])c1ccc(S(=O)(=O)N2CC[NH+]([C@@H]3C[C@H]4CC[C@@H]3C4)CC2)cc1. The third-order valence-corrected chi connectivity index (χ3v) is 8.23. The van der Waals surface area contributed by atoms with Gasteiger partial charge in [0, 0.05) is 24.5 Å². The molecule has 1 N–H and O–H groups in total. The van der Waals surface area contributed by atoms with Gasteiger partial charge in [-0.15, -0.1) is 0 Å². The van der Waals surface area contributed by atoms with Gasteiger partial charge in [0.25, 0.3) is 5.69 Å². The van der Waals surface area contributed by atoms with Crippen molar-refractivity contribution in [2.75, 3.05) is 26.2 Å². The van der Waals surface area contributed by atoms with Gasteiger partial charge in [-0.2, -0.15) is 4.31 Å². The number of nitro benzene ring substituents is 1.